The molecule has 4 heteroatoms. The molecule has 0 fully saturated rings. The molecular formula is C25H34O4. The minimum Gasteiger partial charge on any atom is -0.382 e. The highest BCUT2D eigenvalue weighted by molar-refractivity contribution is 5.48. The number of hydrogen-bond acceptors (Lipinski definition) is 4. The highest BCUT2D eigenvalue weighted by Crippen LogP contribution is 2.29. The fourth-order valence-corrected chi connectivity index (χ4v) is 3.82. The van der Waals surface area contributed by atoms with Gasteiger partial charge in [0.15, 0.2) is 0 Å². The molecule has 0 aliphatic heterocycles. The minimum absolute atomic E-state index is 0.606. The number of benzene rings is 2. The van der Waals surface area contributed by atoms with Crippen LogP contribution in [0, 0.1) is 0 Å². The third kappa shape index (κ3) is 7.23. The number of methoxy groups -OCH3 is 1. The standard InChI is InChI=1S/C25H34O4/c1-26-13-14-28-17-18-29-16-15-27-12-5-4-7-21-10-6-11-24-19-22-8-2-3-9-23(22)20-25(21)24/h2-3,6,8-11H,4-5,7,12-20H2,1H3. The molecule has 29 heavy (non-hydrogen) atoms. The first-order chi connectivity index (χ1) is 14.4. The van der Waals surface area contributed by atoms with Gasteiger partial charge >= 0.3 is 0 Å². The first-order valence-corrected chi connectivity index (χ1v) is 10.8. The Bertz CT molecular complexity index is 729. The van der Waals surface area contributed by atoms with Crippen LogP contribution in [0.3, 0.4) is 0 Å². The lowest BCUT2D eigenvalue weighted by molar-refractivity contribution is 0.00328. The number of ether oxygens (including phenoxy) is 4. The fourth-order valence-electron chi connectivity index (χ4n) is 3.82. The monoisotopic (exact) mass is 398 g/mol. The lowest BCUT2D eigenvalue weighted by Gasteiger charge is -2.22. The van der Waals surface area contributed by atoms with Crippen molar-refractivity contribution in [2.45, 2.75) is 32.1 Å². The van der Waals surface area contributed by atoms with Crippen molar-refractivity contribution < 1.29 is 18.9 Å². The predicted molar refractivity (Wildman–Crippen MR) is 116 cm³/mol. The Morgan fingerprint density at radius 2 is 1.24 bits per heavy atom. The Morgan fingerprint density at radius 1 is 0.621 bits per heavy atom. The zero-order valence-electron chi connectivity index (χ0n) is 17.7. The predicted octanol–water partition coefficient (Wildman–Crippen LogP) is 4.20. The first-order valence-electron chi connectivity index (χ1n) is 10.8. The molecule has 0 bridgehead atoms. The Hall–Kier alpha value is -1.72. The second-order valence-corrected chi connectivity index (χ2v) is 7.46. The van der Waals surface area contributed by atoms with Gasteiger partial charge in [-0.05, 0) is 59.9 Å². The molecule has 0 radical (unpaired) electrons. The van der Waals surface area contributed by atoms with Gasteiger partial charge in [-0.2, -0.15) is 0 Å². The van der Waals surface area contributed by atoms with Crippen LogP contribution >= 0.6 is 0 Å². The second kappa shape index (κ2) is 12.8. The van der Waals surface area contributed by atoms with Gasteiger partial charge in [0, 0.05) is 13.7 Å². The molecule has 0 aromatic heterocycles. The van der Waals surface area contributed by atoms with Crippen molar-refractivity contribution >= 4 is 0 Å². The van der Waals surface area contributed by atoms with Crippen molar-refractivity contribution in [1.29, 1.82) is 0 Å². The zero-order chi connectivity index (χ0) is 20.2. The summed E-state index contributed by atoms with van der Waals surface area (Å²) >= 11 is 0. The molecule has 158 valence electrons. The van der Waals surface area contributed by atoms with Crippen LogP contribution < -0.4 is 0 Å². The molecule has 1 aliphatic rings. The lowest BCUT2D eigenvalue weighted by Crippen LogP contribution is -2.12. The van der Waals surface area contributed by atoms with Gasteiger partial charge in [0.05, 0.1) is 39.6 Å². The van der Waals surface area contributed by atoms with Crippen LogP contribution in [0.5, 0.6) is 0 Å². The molecule has 1 aliphatic carbocycles. The molecule has 0 atom stereocenters. The van der Waals surface area contributed by atoms with Crippen molar-refractivity contribution in [2.24, 2.45) is 0 Å². The third-order valence-corrected chi connectivity index (χ3v) is 5.40. The molecule has 2 aromatic rings. The summed E-state index contributed by atoms with van der Waals surface area (Å²) in [4.78, 5) is 0. The van der Waals surface area contributed by atoms with Crippen molar-refractivity contribution in [3.8, 4) is 0 Å². The summed E-state index contributed by atoms with van der Waals surface area (Å²) in [6.45, 7) is 4.53. The normalized spacial score (nSPS) is 12.6. The summed E-state index contributed by atoms with van der Waals surface area (Å²) in [6.07, 6.45) is 5.52. The molecule has 2 aromatic carbocycles. The molecule has 0 N–H and O–H groups in total. The average molecular weight is 399 g/mol. The van der Waals surface area contributed by atoms with Gasteiger partial charge in [-0.1, -0.05) is 42.5 Å². The van der Waals surface area contributed by atoms with E-state index in [1.54, 1.807) is 12.7 Å². The SMILES string of the molecule is COCCOCCOCCOCCCCc1cccc2c1Cc1ccccc1C2. The van der Waals surface area contributed by atoms with Crippen LogP contribution in [0.1, 0.15) is 40.7 Å². The third-order valence-electron chi connectivity index (χ3n) is 5.40. The largest absolute Gasteiger partial charge is 0.382 e. The van der Waals surface area contributed by atoms with Gasteiger partial charge in [0.2, 0.25) is 0 Å². The molecular weight excluding hydrogens is 364 g/mol. The van der Waals surface area contributed by atoms with E-state index >= 15 is 0 Å². The minimum atomic E-state index is 0.606. The van der Waals surface area contributed by atoms with Crippen LogP contribution in [0.4, 0.5) is 0 Å². The Morgan fingerprint density at radius 3 is 1.97 bits per heavy atom. The van der Waals surface area contributed by atoms with E-state index in [1.165, 1.54) is 22.3 Å². The van der Waals surface area contributed by atoms with E-state index in [2.05, 4.69) is 42.5 Å². The number of fused-ring (bicyclic) bond motifs is 2. The van der Waals surface area contributed by atoms with E-state index in [1.807, 2.05) is 0 Å². The molecule has 0 spiro atoms. The van der Waals surface area contributed by atoms with Crippen LogP contribution in [-0.2, 0) is 38.2 Å². The van der Waals surface area contributed by atoms with Crippen LogP contribution in [0.2, 0.25) is 0 Å². The molecule has 0 saturated heterocycles. The summed E-state index contributed by atoms with van der Waals surface area (Å²) in [6, 6.07) is 15.7. The smallest absolute Gasteiger partial charge is 0.0701 e. The lowest BCUT2D eigenvalue weighted by atomic mass is 9.83. The fraction of sp³-hybridized carbons (Fsp3) is 0.520. The van der Waals surface area contributed by atoms with Gasteiger partial charge in [0.1, 0.15) is 0 Å². The van der Waals surface area contributed by atoms with Gasteiger partial charge in [-0.25, -0.2) is 0 Å². The van der Waals surface area contributed by atoms with E-state index in [4.69, 9.17) is 18.9 Å². The average Bonchev–Trinajstić information content (AvgIpc) is 2.75. The number of aryl methyl sites for hydroxylation is 1. The Balaban J connectivity index is 1.27. The molecule has 0 amide bonds. The van der Waals surface area contributed by atoms with Crippen molar-refractivity contribution in [3.05, 3.63) is 70.3 Å². The van der Waals surface area contributed by atoms with Gasteiger partial charge in [0.25, 0.3) is 0 Å². The van der Waals surface area contributed by atoms with Crippen molar-refractivity contribution in [3.63, 3.8) is 0 Å². The summed E-state index contributed by atoms with van der Waals surface area (Å²) in [5, 5.41) is 0. The Kier molecular flexibility index (Phi) is 9.67. The maximum Gasteiger partial charge on any atom is 0.0701 e. The maximum absolute atomic E-state index is 5.69. The van der Waals surface area contributed by atoms with Gasteiger partial charge in [-0.15, -0.1) is 0 Å². The molecule has 4 nitrogen and oxygen atoms in total. The van der Waals surface area contributed by atoms with E-state index in [-0.39, 0.29) is 0 Å². The molecule has 0 heterocycles. The highest BCUT2D eigenvalue weighted by Gasteiger charge is 2.17. The van der Waals surface area contributed by atoms with E-state index in [0.29, 0.717) is 39.6 Å². The van der Waals surface area contributed by atoms with Crippen LogP contribution in [-0.4, -0.2) is 53.4 Å². The molecule has 0 unspecified atom stereocenters. The topological polar surface area (TPSA) is 36.9 Å². The van der Waals surface area contributed by atoms with E-state index in [9.17, 15) is 0 Å². The number of rotatable bonds is 14. The molecule has 0 saturated carbocycles. The first kappa shape index (κ1) is 22.0. The van der Waals surface area contributed by atoms with Crippen molar-refractivity contribution in [1.82, 2.24) is 0 Å². The zero-order valence-corrected chi connectivity index (χ0v) is 17.7. The van der Waals surface area contributed by atoms with Gasteiger partial charge in [-0.3, -0.25) is 0 Å². The number of unbranched alkanes of at least 4 members (excludes halogenated alkanes) is 1. The summed E-state index contributed by atoms with van der Waals surface area (Å²) in [5.41, 5.74) is 7.53. The Labute approximate surface area is 175 Å². The highest BCUT2D eigenvalue weighted by atomic mass is 16.6. The number of hydrogen-bond donors (Lipinski definition) is 0. The maximum atomic E-state index is 5.69. The quantitative estimate of drug-likeness (QED) is 0.381. The van der Waals surface area contributed by atoms with Crippen LogP contribution in [0.15, 0.2) is 42.5 Å². The summed E-state index contributed by atoms with van der Waals surface area (Å²) in [7, 11) is 1.67. The summed E-state index contributed by atoms with van der Waals surface area (Å²) in [5.74, 6) is 0. The van der Waals surface area contributed by atoms with Crippen LogP contribution in [0.25, 0.3) is 0 Å². The van der Waals surface area contributed by atoms with Gasteiger partial charge < -0.3 is 18.9 Å². The molecule has 3 rings (SSSR count). The van der Waals surface area contributed by atoms with E-state index < -0.39 is 0 Å². The second-order valence-electron chi connectivity index (χ2n) is 7.46. The summed E-state index contributed by atoms with van der Waals surface area (Å²) < 4.78 is 21.4. The van der Waals surface area contributed by atoms with E-state index in [0.717, 1.165) is 38.7 Å². The van der Waals surface area contributed by atoms with Crippen molar-refractivity contribution in [2.75, 3.05) is 53.4 Å².